The normalized spacial score (nSPS) is 29.7. The number of hydrogen-bond donors (Lipinski definition) is 10. The van der Waals surface area contributed by atoms with E-state index in [2.05, 4.69) is 33.8 Å². The second-order valence-electron chi connectivity index (χ2n) is 11.9. The molecule has 0 saturated carbocycles. The first-order valence-corrected chi connectivity index (χ1v) is 20.1. The van der Waals surface area contributed by atoms with Gasteiger partial charge in [0.2, 0.25) is 17.7 Å². The third-order valence-corrected chi connectivity index (χ3v) is 13.9. The Morgan fingerprint density at radius 1 is 0.925 bits per heavy atom. The Balaban J connectivity index is 1.06. The van der Waals surface area contributed by atoms with Gasteiger partial charge in [-0.25, -0.2) is 18.4 Å². The Morgan fingerprint density at radius 2 is 1.57 bits per heavy atom. The molecule has 0 aliphatic carbocycles. The lowest BCUT2D eigenvalue weighted by molar-refractivity contribution is -0.746. The van der Waals surface area contributed by atoms with Gasteiger partial charge in [0, 0.05) is 7.11 Å². The number of nitrogens with two attached hydrogens (primary N) is 2. The van der Waals surface area contributed by atoms with E-state index >= 15 is 0 Å². The quantitative estimate of drug-likeness (QED) is 0.0457. The van der Waals surface area contributed by atoms with Crippen LogP contribution in [-0.2, 0) is 48.3 Å². The number of methoxy groups -OCH3 is 1. The number of aromatic nitrogens is 8. The molecule has 2 aliphatic heterocycles. The number of aromatic amines is 2. The summed E-state index contributed by atoms with van der Waals surface area (Å²) in [7, 11) is -13.4. The highest BCUT2D eigenvalue weighted by atomic mass is 31.3. The molecule has 0 aromatic carbocycles. The maximum Gasteiger partial charge on any atom is 0.479 e. The van der Waals surface area contributed by atoms with Crippen molar-refractivity contribution in [3.63, 3.8) is 0 Å². The summed E-state index contributed by atoms with van der Waals surface area (Å²) in [6.45, 7) is -1.90. The molecule has 2 saturated heterocycles. The summed E-state index contributed by atoms with van der Waals surface area (Å²) < 4.78 is 72.5. The van der Waals surface area contributed by atoms with E-state index in [0.717, 1.165) is 10.9 Å². The zero-order chi connectivity index (χ0) is 38.8. The lowest BCUT2D eigenvalue weighted by atomic mass is 10.1. The van der Waals surface area contributed by atoms with Crippen molar-refractivity contribution in [1.29, 1.82) is 0 Å². The number of nitrogens with zero attached hydrogens (tertiary/aromatic N) is 6. The number of ether oxygens (including phenoxy) is 3. The lowest BCUT2D eigenvalue weighted by Gasteiger charge is -2.21. The molecule has 0 spiro atoms. The number of hydrogen-bond acceptors (Lipinski definition) is 19. The van der Waals surface area contributed by atoms with Gasteiger partial charge in [0.25, 0.3) is 17.1 Å². The van der Waals surface area contributed by atoms with Gasteiger partial charge in [0.05, 0.1) is 26.6 Å². The number of anilines is 2. The predicted molar refractivity (Wildman–Crippen MR) is 172 cm³/mol. The van der Waals surface area contributed by atoms with Crippen molar-refractivity contribution < 1.29 is 75.8 Å². The van der Waals surface area contributed by atoms with Gasteiger partial charge in [0.15, 0.2) is 29.6 Å². The number of nitrogens with one attached hydrogen (secondary N) is 2. The smallest absolute Gasteiger partial charge is 0.387 e. The number of rotatable bonds is 13. The fraction of sp³-hybridized carbons (Fsp3) is 0.565. The first-order valence-electron chi connectivity index (χ1n) is 15.0. The molecular formula is C23H34N10O17P3+. The van der Waals surface area contributed by atoms with Gasteiger partial charge in [-0.05, 0) is 0 Å². The number of H-pyrrole nitrogens is 2. The third-order valence-electron chi connectivity index (χ3n) is 8.14. The van der Waals surface area contributed by atoms with E-state index in [1.165, 1.54) is 29.6 Å². The summed E-state index contributed by atoms with van der Waals surface area (Å²) in [6, 6.07) is 0. The van der Waals surface area contributed by atoms with E-state index in [-0.39, 0.29) is 34.2 Å². The zero-order valence-electron chi connectivity index (χ0n) is 27.2. The van der Waals surface area contributed by atoms with Gasteiger partial charge in [-0.2, -0.15) is 4.98 Å². The van der Waals surface area contributed by atoms with Gasteiger partial charge in [-0.15, -0.1) is 0 Å². The molecule has 3 unspecified atom stereocenters. The van der Waals surface area contributed by atoms with Crippen LogP contribution in [0.1, 0.15) is 12.5 Å². The average Bonchev–Trinajstić information content (AvgIpc) is 3.77. The van der Waals surface area contributed by atoms with Crippen molar-refractivity contribution in [2.45, 2.75) is 49.1 Å². The first kappa shape index (κ1) is 39.2. The fourth-order valence-electron chi connectivity index (χ4n) is 5.85. The highest BCUT2D eigenvalue weighted by molar-refractivity contribution is 7.74. The Kier molecular flexibility index (Phi) is 10.6. The summed E-state index contributed by atoms with van der Waals surface area (Å²) in [5.74, 6) is -2.24. The van der Waals surface area contributed by atoms with E-state index < -0.39 is 102 Å². The number of imidazole rings is 2. The van der Waals surface area contributed by atoms with Crippen molar-refractivity contribution in [1.82, 2.24) is 34.1 Å². The largest absolute Gasteiger partial charge is 0.479 e. The molecule has 292 valence electrons. The van der Waals surface area contributed by atoms with Crippen LogP contribution < -0.4 is 27.2 Å². The monoisotopic (exact) mass is 815 g/mol. The van der Waals surface area contributed by atoms with Crippen molar-refractivity contribution in [2.24, 2.45) is 7.05 Å². The summed E-state index contributed by atoms with van der Waals surface area (Å²) >= 11 is 0. The van der Waals surface area contributed by atoms with E-state index in [0.29, 0.717) is 0 Å². The van der Waals surface area contributed by atoms with Crippen LogP contribution in [0, 0.1) is 0 Å². The highest BCUT2D eigenvalue weighted by Crippen LogP contribution is 2.66. The van der Waals surface area contributed by atoms with Gasteiger partial charge in [-0.3, -0.25) is 42.3 Å². The summed E-state index contributed by atoms with van der Waals surface area (Å²) in [5.41, 5.74) is 9.79. The molecule has 2 fully saturated rings. The van der Waals surface area contributed by atoms with Crippen LogP contribution in [0.25, 0.3) is 22.3 Å². The molecular weight excluding hydrogens is 781 g/mol. The minimum atomic E-state index is -5.55. The number of phosphoric ester groups is 1. The minimum absolute atomic E-state index is 0.0500. The highest BCUT2D eigenvalue weighted by Gasteiger charge is 2.50. The van der Waals surface area contributed by atoms with Gasteiger partial charge in [0.1, 0.15) is 36.6 Å². The lowest BCUT2D eigenvalue weighted by Crippen LogP contribution is -2.47. The number of phosphoric acid groups is 1. The fourth-order valence-corrected chi connectivity index (χ4v) is 10.8. The van der Waals surface area contributed by atoms with Crippen LogP contribution in [0.2, 0.25) is 0 Å². The molecule has 0 bridgehead atoms. The SMILES string of the molecule is CO[C@@H]1[C@H](O)[C@@H](COP(=O)(O)CP(=O)(O)OP(=O)(O)OC[C@H]2O[C@@H](n3cnc4c(=O)[nH]c(N)nc43)[C@H](O)[C@@H]2O)O[C@H]1[n+]1cn(C)c2c(=O)[nH]c(N)nc21. The van der Waals surface area contributed by atoms with E-state index in [4.69, 9.17) is 30.2 Å². The molecule has 11 atom stereocenters. The number of nitrogen functional groups attached to an aromatic ring is 2. The van der Waals surface area contributed by atoms with Gasteiger partial charge in [-0.1, -0.05) is 4.98 Å². The third kappa shape index (κ3) is 7.86. The van der Waals surface area contributed by atoms with Crippen LogP contribution >= 0.6 is 23.0 Å². The second kappa shape index (κ2) is 14.3. The number of aliphatic hydroxyl groups excluding tert-OH is 3. The average molecular weight is 815 g/mol. The predicted octanol–water partition coefficient (Wildman–Crippen LogP) is -3.78. The van der Waals surface area contributed by atoms with Crippen molar-refractivity contribution >= 4 is 57.2 Å². The molecule has 12 N–H and O–H groups in total. The van der Waals surface area contributed by atoms with Gasteiger partial charge < -0.3 is 60.2 Å². The number of aliphatic hydroxyl groups is 3. The van der Waals surface area contributed by atoms with Crippen LogP contribution in [0.15, 0.2) is 22.2 Å². The van der Waals surface area contributed by atoms with Crippen LogP contribution in [0.5, 0.6) is 0 Å². The molecule has 30 heteroatoms. The molecule has 53 heavy (non-hydrogen) atoms. The molecule has 6 heterocycles. The zero-order valence-corrected chi connectivity index (χ0v) is 29.9. The standard InChI is InChI=1S/C23H33N10O17P3/c1-31-6-33(17-11(31)19(38)30-23(25)28-17)21-15(45-2)13(35)9(49-21)3-46-51(39,40)7-52(41,42)50-53(43,44)47-4-8-12(34)14(36)20(48-8)32-5-26-10-16(32)27-22(24)29-18(10)37/h5-6,8-9,12-15,20-21,34-36H,3-4,7H2,1-2H3,(H8-,24,25,27,28,29,30,37,38,39,40,41,42,43,44)/p+1/t8-,9-,12-,13-,14-,15-,20-,21-/m1/s1. The van der Waals surface area contributed by atoms with Gasteiger partial charge >= 0.3 is 28.7 Å². The second-order valence-corrected chi connectivity index (χ2v) is 17.7. The van der Waals surface area contributed by atoms with Crippen LogP contribution in [-0.4, -0.2) is 127 Å². The van der Waals surface area contributed by atoms with E-state index in [1.807, 2.05) is 0 Å². The summed E-state index contributed by atoms with van der Waals surface area (Å²) in [6.07, 6.45) is -9.33. The van der Waals surface area contributed by atoms with Crippen molar-refractivity contribution in [3.05, 3.63) is 33.4 Å². The molecule has 4 aromatic rings. The number of fused-ring (bicyclic) bond motifs is 2. The molecule has 27 nitrogen and oxygen atoms in total. The molecule has 0 radical (unpaired) electrons. The molecule has 6 rings (SSSR count). The van der Waals surface area contributed by atoms with Crippen LogP contribution in [0.3, 0.4) is 0 Å². The Labute approximate surface area is 294 Å². The van der Waals surface area contributed by atoms with E-state index in [9.17, 15) is 53.3 Å². The Hall–Kier alpha value is -3.49. The van der Waals surface area contributed by atoms with E-state index in [1.54, 1.807) is 0 Å². The molecule has 2 aliphatic rings. The van der Waals surface area contributed by atoms with Crippen molar-refractivity contribution in [2.75, 3.05) is 37.7 Å². The maximum absolute atomic E-state index is 12.8. The van der Waals surface area contributed by atoms with Crippen LogP contribution in [0.4, 0.5) is 11.9 Å². The summed E-state index contributed by atoms with van der Waals surface area (Å²) in [4.78, 5) is 71.7. The number of aryl methyl sites for hydroxylation is 1. The minimum Gasteiger partial charge on any atom is -0.387 e. The first-order chi connectivity index (χ1) is 24.7. The molecule has 4 aromatic heterocycles. The van der Waals surface area contributed by atoms with Crippen molar-refractivity contribution in [3.8, 4) is 0 Å². The Morgan fingerprint density at radius 3 is 2.26 bits per heavy atom. The summed E-state index contributed by atoms with van der Waals surface area (Å²) in [5, 5.41) is 31.9. The topological polar surface area (TPSA) is 398 Å². The molecule has 0 amide bonds. The maximum atomic E-state index is 12.8. The Bertz CT molecular complexity index is 2300.